The predicted octanol–water partition coefficient (Wildman–Crippen LogP) is 2.88. The van der Waals surface area contributed by atoms with Crippen LogP contribution in [0, 0.1) is 11.8 Å². The first-order chi connectivity index (χ1) is 9.08. The van der Waals surface area contributed by atoms with Crippen LogP contribution < -0.4 is 5.32 Å². The summed E-state index contributed by atoms with van der Waals surface area (Å²) in [5, 5.41) is 2.85. The molecule has 20 heavy (non-hydrogen) atoms. The van der Waals surface area contributed by atoms with Crippen LogP contribution in [0.3, 0.4) is 0 Å². The number of rotatable bonds is 4. The molecule has 0 radical (unpaired) electrons. The number of carbonyl (C=O) groups is 2. The highest BCUT2D eigenvalue weighted by Crippen LogP contribution is 2.26. The van der Waals surface area contributed by atoms with E-state index in [-0.39, 0.29) is 24.0 Å². The van der Waals surface area contributed by atoms with Gasteiger partial charge in [-0.05, 0) is 39.5 Å². The Morgan fingerprint density at radius 3 is 2.45 bits per heavy atom. The summed E-state index contributed by atoms with van der Waals surface area (Å²) in [6.45, 7) is 11.5. The third-order valence-electron chi connectivity index (χ3n) is 3.13. The van der Waals surface area contributed by atoms with Crippen molar-refractivity contribution in [1.82, 2.24) is 5.32 Å². The number of hydrogen-bond acceptors (Lipinski definition) is 4. The van der Waals surface area contributed by atoms with Crippen LogP contribution in [0.15, 0.2) is 0 Å². The molecule has 0 spiro atoms. The van der Waals surface area contributed by atoms with E-state index in [9.17, 15) is 9.59 Å². The number of ether oxygens (including phenoxy) is 2. The molecule has 1 heterocycles. The summed E-state index contributed by atoms with van der Waals surface area (Å²) in [6.07, 6.45) is 0.682. The lowest BCUT2D eigenvalue weighted by Crippen LogP contribution is -2.46. The van der Waals surface area contributed by atoms with Crippen LogP contribution in [0.1, 0.15) is 54.4 Å². The molecule has 1 aliphatic heterocycles. The zero-order valence-electron chi connectivity index (χ0n) is 13.4. The fourth-order valence-corrected chi connectivity index (χ4v) is 2.27. The maximum atomic E-state index is 11.9. The Kier molecular flexibility index (Phi) is 5.42. The van der Waals surface area contributed by atoms with Gasteiger partial charge >= 0.3 is 12.1 Å². The highest BCUT2D eigenvalue weighted by molar-refractivity contribution is 5.74. The molecule has 1 fully saturated rings. The van der Waals surface area contributed by atoms with Crippen LogP contribution in [0.4, 0.5) is 4.79 Å². The predicted molar refractivity (Wildman–Crippen MR) is 76.3 cm³/mol. The summed E-state index contributed by atoms with van der Waals surface area (Å²) in [4.78, 5) is 23.4. The standard InChI is InChI=1S/C15H27NO4/c1-9(2)7-11(12-8-10(3)13(17)19-12)16-14(18)20-15(4,5)6/h9-12H,7-8H2,1-6H3,(H,16,18)/t10-,11-,12+/m0/s1. The van der Waals surface area contributed by atoms with E-state index in [4.69, 9.17) is 9.47 Å². The fraction of sp³-hybridized carbons (Fsp3) is 0.867. The SMILES string of the molecule is CC(C)C[C@H](NC(=O)OC(C)(C)C)[C@H]1C[C@H](C)C(=O)O1. The quantitative estimate of drug-likeness (QED) is 0.807. The summed E-state index contributed by atoms with van der Waals surface area (Å²) in [5.74, 6) is 0.106. The van der Waals surface area contributed by atoms with Gasteiger partial charge in [-0.15, -0.1) is 0 Å². The van der Waals surface area contributed by atoms with Crippen molar-refractivity contribution in [2.75, 3.05) is 0 Å². The van der Waals surface area contributed by atoms with E-state index in [1.807, 2.05) is 27.7 Å². The molecule has 5 heteroatoms. The summed E-state index contributed by atoms with van der Waals surface area (Å²) >= 11 is 0. The molecule has 0 aliphatic carbocycles. The first-order valence-corrected chi connectivity index (χ1v) is 7.28. The Hall–Kier alpha value is -1.26. The third kappa shape index (κ3) is 5.39. The summed E-state index contributed by atoms with van der Waals surface area (Å²) in [6, 6.07) is -0.196. The molecule has 0 aromatic carbocycles. The summed E-state index contributed by atoms with van der Waals surface area (Å²) < 4.78 is 10.6. The maximum absolute atomic E-state index is 11.9. The van der Waals surface area contributed by atoms with E-state index in [2.05, 4.69) is 19.2 Å². The molecule has 1 aliphatic rings. The Morgan fingerprint density at radius 2 is 2.05 bits per heavy atom. The van der Waals surface area contributed by atoms with Gasteiger partial charge in [-0.25, -0.2) is 4.79 Å². The van der Waals surface area contributed by atoms with Crippen LogP contribution in [0.5, 0.6) is 0 Å². The lowest BCUT2D eigenvalue weighted by atomic mass is 9.95. The minimum Gasteiger partial charge on any atom is -0.460 e. The smallest absolute Gasteiger partial charge is 0.408 e. The minimum absolute atomic E-state index is 0.102. The van der Waals surface area contributed by atoms with Gasteiger partial charge in [0.05, 0.1) is 12.0 Å². The molecule has 1 N–H and O–H groups in total. The molecule has 1 amide bonds. The number of hydrogen-bond donors (Lipinski definition) is 1. The van der Waals surface area contributed by atoms with E-state index in [1.165, 1.54) is 0 Å². The van der Waals surface area contributed by atoms with Crippen molar-refractivity contribution in [3.8, 4) is 0 Å². The number of esters is 1. The molecule has 1 saturated heterocycles. The molecule has 0 aromatic heterocycles. The molecule has 0 saturated carbocycles. The second kappa shape index (κ2) is 6.46. The Bertz CT molecular complexity index is 359. The van der Waals surface area contributed by atoms with Crippen molar-refractivity contribution in [1.29, 1.82) is 0 Å². The van der Waals surface area contributed by atoms with Gasteiger partial charge in [-0.1, -0.05) is 20.8 Å². The third-order valence-corrected chi connectivity index (χ3v) is 3.13. The Labute approximate surface area is 121 Å². The number of alkyl carbamates (subject to hydrolysis) is 1. The summed E-state index contributed by atoms with van der Waals surface area (Å²) in [7, 11) is 0. The van der Waals surface area contributed by atoms with Gasteiger partial charge in [0.1, 0.15) is 11.7 Å². The van der Waals surface area contributed by atoms with Crippen LogP contribution in [-0.4, -0.2) is 29.8 Å². The lowest BCUT2D eigenvalue weighted by molar-refractivity contribution is -0.145. The second-order valence-corrected chi connectivity index (χ2v) is 6.99. The molecular formula is C15H27NO4. The molecule has 3 atom stereocenters. The van der Waals surface area contributed by atoms with Crippen LogP contribution in [0.25, 0.3) is 0 Å². The van der Waals surface area contributed by atoms with E-state index < -0.39 is 11.7 Å². The van der Waals surface area contributed by atoms with Gasteiger partial charge in [0.2, 0.25) is 0 Å². The fourth-order valence-electron chi connectivity index (χ4n) is 2.27. The van der Waals surface area contributed by atoms with E-state index in [1.54, 1.807) is 0 Å². The van der Waals surface area contributed by atoms with E-state index in [0.29, 0.717) is 12.3 Å². The van der Waals surface area contributed by atoms with Crippen molar-refractivity contribution >= 4 is 12.1 Å². The highest BCUT2D eigenvalue weighted by atomic mass is 16.6. The van der Waals surface area contributed by atoms with Crippen LogP contribution in [0.2, 0.25) is 0 Å². The first-order valence-electron chi connectivity index (χ1n) is 7.28. The Balaban J connectivity index is 2.65. The van der Waals surface area contributed by atoms with Gasteiger partial charge in [0, 0.05) is 0 Å². The molecular weight excluding hydrogens is 258 g/mol. The number of cyclic esters (lactones) is 1. The lowest BCUT2D eigenvalue weighted by Gasteiger charge is -2.27. The molecule has 0 unspecified atom stereocenters. The van der Waals surface area contributed by atoms with Gasteiger partial charge < -0.3 is 14.8 Å². The van der Waals surface area contributed by atoms with Crippen LogP contribution >= 0.6 is 0 Å². The van der Waals surface area contributed by atoms with Crippen LogP contribution in [-0.2, 0) is 14.3 Å². The molecule has 1 rings (SSSR count). The van der Waals surface area contributed by atoms with Crippen molar-refractivity contribution in [3.05, 3.63) is 0 Å². The van der Waals surface area contributed by atoms with Gasteiger partial charge in [-0.3, -0.25) is 4.79 Å². The molecule has 0 aromatic rings. The van der Waals surface area contributed by atoms with Gasteiger partial charge in [0.15, 0.2) is 0 Å². The zero-order chi connectivity index (χ0) is 15.5. The van der Waals surface area contributed by atoms with Gasteiger partial charge in [0.25, 0.3) is 0 Å². The second-order valence-electron chi connectivity index (χ2n) is 6.99. The van der Waals surface area contributed by atoms with Crippen molar-refractivity contribution in [2.24, 2.45) is 11.8 Å². The van der Waals surface area contributed by atoms with E-state index in [0.717, 1.165) is 6.42 Å². The normalized spacial score (nSPS) is 24.4. The number of amides is 1. The highest BCUT2D eigenvalue weighted by Gasteiger charge is 2.37. The summed E-state index contributed by atoms with van der Waals surface area (Å²) in [5.41, 5.74) is -0.536. The molecule has 0 bridgehead atoms. The largest absolute Gasteiger partial charge is 0.460 e. The minimum atomic E-state index is -0.536. The monoisotopic (exact) mass is 285 g/mol. The average molecular weight is 285 g/mol. The Morgan fingerprint density at radius 1 is 1.45 bits per heavy atom. The van der Waals surface area contributed by atoms with Crippen molar-refractivity contribution < 1.29 is 19.1 Å². The maximum Gasteiger partial charge on any atom is 0.408 e. The van der Waals surface area contributed by atoms with E-state index >= 15 is 0 Å². The molecule has 116 valence electrons. The molecule has 5 nitrogen and oxygen atoms in total. The topological polar surface area (TPSA) is 64.6 Å². The van der Waals surface area contributed by atoms with Gasteiger partial charge in [-0.2, -0.15) is 0 Å². The zero-order valence-corrected chi connectivity index (χ0v) is 13.4. The van der Waals surface area contributed by atoms with Crippen molar-refractivity contribution in [3.63, 3.8) is 0 Å². The number of nitrogens with one attached hydrogen (secondary N) is 1. The first kappa shape index (κ1) is 16.8. The number of carbonyl (C=O) groups excluding carboxylic acids is 2. The van der Waals surface area contributed by atoms with Crippen molar-refractivity contribution in [2.45, 2.75) is 72.1 Å². The average Bonchev–Trinajstić information content (AvgIpc) is 2.54.